The van der Waals surface area contributed by atoms with Crippen LogP contribution in [0.2, 0.25) is 0 Å². The van der Waals surface area contributed by atoms with Crippen molar-refractivity contribution in [1.29, 1.82) is 0 Å². The number of hydrogen-bond acceptors (Lipinski definition) is 3. The fourth-order valence-corrected chi connectivity index (χ4v) is 3.56. The number of thioether (sulfide) groups is 1. The largest absolute Gasteiger partial charge is 0.389 e. The molecule has 0 spiro atoms. The lowest BCUT2D eigenvalue weighted by molar-refractivity contribution is -0.133. The Balaban J connectivity index is 2.02. The highest BCUT2D eigenvalue weighted by Crippen LogP contribution is 2.38. The summed E-state index contributed by atoms with van der Waals surface area (Å²) in [6, 6.07) is 8.87. The number of allylic oxidation sites excluding steroid dienone is 1. The predicted molar refractivity (Wildman–Crippen MR) is 75.2 cm³/mol. The van der Waals surface area contributed by atoms with Crippen molar-refractivity contribution < 1.29 is 14.4 Å². The normalized spacial score (nSPS) is 21.2. The molecule has 1 atom stereocenters. The minimum Gasteiger partial charge on any atom is -0.361 e. The quantitative estimate of drug-likeness (QED) is 0.359. The molecule has 1 aromatic carbocycles. The molecule has 3 rings (SSSR count). The van der Waals surface area contributed by atoms with Crippen molar-refractivity contribution in [1.82, 2.24) is 4.90 Å². The summed E-state index contributed by atoms with van der Waals surface area (Å²) in [4.78, 5) is 29.0. The van der Waals surface area contributed by atoms with Gasteiger partial charge in [0, 0.05) is 11.3 Å². The van der Waals surface area contributed by atoms with Gasteiger partial charge in [0.25, 0.3) is 0 Å². The lowest BCUT2D eigenvalue weighted by Crippen LogP contribution is -2.62. The molecule has 0 saturated carbocycles. The van der Waals surface area contributed by atoms with Crippen molar-refractivity contribution in [3.63, 3.8) is 0 Å². The van der Waals surface area contributed by atoms with Gasteiger partial charge in [-0.1, -0.05) is 30.3 Å². The average Bonchev–Trinajstić information content (AvgIpc) is 2.48. The molecule has 1 fully saturated rings. The van der Waals surface area contributed by atoms with Crippen molar-refractivity contribution in [2.24, 2.45) is 0 Å². The van der Waals surface area contributed by atoms with Crippen molar-refractivity contribution in [2.75, 3.05) is 5.75 Å². The lowest BCUT2D eigenvalue weighted by Gasteiger charge is -2.40. The van der Waals surface area contributed by atoms with Gasteiger partial charge in [0.05, 0.1) is 5.70 Å². The number of amides is 1. The van der Waals surface area contributed by atoms with Crippen molar-refractivity contribution in [2.45, 2.75) is 12.3 Å². The van der Waals surface area contributed by atoms with E-state index in [-0.39, 0.29) is 16.9 Å². The lowest BCUT2D eigenvalue weighted by atomic mass is 9.99. The number of benzene rings is 1. The molecule has 20 heavy (non-hydrogen) atoms. The minimum absolute atomic E-state index is 0.112. The van der Waals surface area contributed by atoms with E-state index in [2.05, 4.69) is 4.79 Å². The standard InChI is InChI=1S/C14H11N3O2S/c1-8-7-20-14-10(16-15)13(19)17(14)11(8)12(18)9-5-3-2-4-6-9/h2-6,14H,7H2,1H3/t14-/m0/s1. The molecule has 1 saturated heterocycles. The number of fused-ring (bicyclic) bond motifs is 1. The topological polar surface area (TPSA) is 73.8 Å². The van der Waals surface area contributed by atoms with Crippen LogP contribution in [0.5, 0.6) is 0 Å². The Hall–Kier alpha value is -2.17. The van der Waals surface area contributed by atoms with Crippen LogP contribution in [-0.4, -0.2) is 38.2 Å². The van der Waals surface area contributed by atoms with E-state index in [1.54, 1.807) is 24.3 Å². The Morgan fingerprint density at radius 3 is 2.75 bits per heavy atom. The first-order valence-electron chi connectivity index (χ1n) is 6.11. The summed E-state index contributed by atoms with van der Waals surface area (Å²) in [5.41, 5.74) is 10.8. The van der Waals surface area contributed by atoms with E-state index in [0.29, 0.717) is 17.0 Å². The SMILES string of the molecule is CC1=C(C(=O)c2ccccc2)N2C(=O)C(=[N+]=[N-])[C@@H]2SC1. The van der Waals surface area contributed by atoms with Crippen LogP contribution in [0, 0.1) is 0 Å². The second-order valence-electron chi connectivity index (χ2n) is 4.65. The first-order valence-corrected chi connectivity index (χ1v) is 7.16. The highest BCUT2D eigenvalue weighted by Gasteiger charge is 2.56. The number of β-lactam (4-membered cyclic amide) rings is 1. The molecular formula is C14H11N3O2S. The van der Waals surface area contributed by atoms with Gasteiger partial charge in [-0.2, -0.15) is 4.79 Å². The van der Waals surface area contributed by atoms with Gasteiger partial charge in [0.15, 0.2) is 5.37 Å². The molecule has 2 aliphatic rings. The molecule has 0 unspecified atom stereocenters. The Labute approximate surface area is 119 Å². The minimum atomic E-state index is -0.400. The summed E-state index contributed by atoms with van der Waals surface area (Å²) in [6.45, 7) is 1.85. The van der Waals surface area contributed by atoms with Gasteiger partial charge in [-0.05, 0) is 12.5 Å². The number of ketones is 1. The summed E-state index contributed by atoms with van der Waals surface area (Å²) >= 11 is 1.48. The van der Waals surface area contributed by atoms with Gasteiger partial charge >= 0.3 is 11.6 Å². The highest BCUT2D eigenvalue weighted by molar-refractivity contribution is 8.01. The Morgan fingerprint density at radius 1 is 1.40 bits per heavy atom. The van der Waals surface area contributed by atoms with Crippen LogP contribution in [0.15, 0.2) is 41.6 Å². The Bertz CT molecular complexity index is 690. The third-order valence-corrected chi connectivity index (χ3v) is 4.72. The van der Waals surface area contributed by atoms with Crippen LogP contribution in [0.3, 0.4) is 0 Å². The van der Waals surface area contributed by atoms with Crippen LogP contribution in [0.4, 0.5) is 0 Å². The molecule has 5 nitrogen and oxygen atoms in total. The van der Waals surface area contributed by atoms with Crippen LogP contribution in [-0.2, 0) is 4.79 Å². The van der Waals surface area contributed by atoms with Gasteiger partial charge in [-0.3, -0.25) is 14.5 Å². The number of carbonyl (C=O) groups excluding carboxylic acids is 2. The van der Waals surface area contributed by atoms with E-state index in [1.165, 1.54) is 16.7 Å². The molecule has 1 amide bonds. The number of hydrogen-bond donors (Lipinski definition) is 0. The first kappa shape index (κ1) is 12.8. The van der Waals surface area contributed by atoms with Gasteiger partial charge in [-0.15, -0.1) is 11.8 Å². The summed E-state index contributed by atoms with van der Waals surface area (Å²) < 4.78 is 0. The van der Waals surface area contributed by atoms with Crippen molar-refractivity contribution in [3.8, 4) is 0 Å². The summed E-state index contributed by atoms with van der Waals surface area (Å²) in [6.07, 6.45) is 0. The maximum absolute atomic E-state index is 12.6. The van der Waals surface area contributed by atoms with Crippen molar-refractivity contribution in [3.05, 3.63) is 52.7 Å². The Kier molecular flexibility index (Phi) is 3.04. The second-order valence-corrected chi connectivity index (χ2v) is 5.72. The molecule has 0 bridgehead atoms. The second kappa shape index (κ2) is 4.74. The van der Waals surface area contributed by atoms with E-state index in [4.69, 9.17) is 5.53 Å². The third kappa shape index (κ3) is 1.73. The monoisotopic (exact) mass is 285 g/mol. The zero-order valence-corrected chi connectivity index (χ0v) is 11.6. The summed E-state index contributed by atoms with van der Waals surface area (Å²) in [5.74, 6) is 0.0727. The van der Waals surface area contributed by atoms with Crippen molar-refractivity contribution >= 4 is 29.2 Å². The molecule has 2 aliphatic heterocycles. The van der Waals surface area contributed by atoms with Crippen LogP contribution in [0.25, 0.3) is 5.53 Å². The van der Waals surface area contributed by atoms with Gasteiger partial charge in [-0.25, -0.2) is 0 Å². The van der Waals surface area contributed by atoms with E-state index in [1.807, 2.05) is 13.0 Å². The zero-order chi connectivity index (χ0) is 14.3. The molecule has 6 heteroatoms. The van der Waals surface area contributed by atoms with Gasteiger partial charge in [0.1, 0.15) is 0 Å². The van der Waals surface area contributed by atoms with Gasteiger partial charge in [0.2, 0.25) is 5.78 Å². The fourth-order valence-electron chi connectivity index (χ4n) is 2.36. The molecular weight excluding hydrogens is 274 g/mol. The fraction of sp³-hybridized carbons (Fsp3) is 0.214. The molecule has 0 aromatic heterocycles. The van der Waals surface area contributed by atoms with E-state index >= 15 is 0 Å². The molecule has 0 radical (unpaired) electrons. The zero-order valence-electron chi connectivity index (χ0n) is 10.7. The molecule has 100 valence electrons. The number of carbonyl (C=O) groups is 2. The molecule has 0 aliphatic carbocycles. The highest BCUT2D eigenvalue weighted by atomic mass is 32.2. The number of nitrogens with zero attached hydrogens (tertiary/aromatic N) is 3. The molecule has 1 aromatic rings. The summed E-state index contributed by atoms with van der Waals surface area (Å²) in [7, 11) is 0. The third-order valence-electron chi connectivity index (χ3n) is 3.37. The number of Topliss-reactive ketones (excluding diaryl/α,β-unsaturated/α-hetero) is 1. The maximum Gasteiger partial charge on any atom is 0.389 e. The van der Waals surface area contributed by atoms with E-state index in [0.717, 1.165) is 5.57 Å². The van der Waals surface area contributed by atoms with E-state index in [9.17, 15) is 9.59 Å². The van der Waals surface area contributed by atoms with Crippen LogP contribution >= 0.6 is 11.8 Å². The first-order chi connectivity index (χ1) is 9.65. The van der Waals surface area contributed by atoms with Gasteiger partial charge < -0.3 is 5.53 Å². The molecule has 2 heterocycles. The smallest absolute Gasteiger partial charge is 0.361 e. The predicted octanol–water partition coefficient (Wildman–Crippen LogP) is 1.73. The Morgan fingerprint density at radius 2 is 2.10 bits per heavy atom. The van der Waals surface area contributed by atoms with Crippen LogP contribution in [0.1, 0.15) is 17.3 Å². The average molecular weight is 285 g/mol. The number of rotatable bonds is 2. The summed E-state index contributed by atoms with van der Waals surface area (Å²) in [5, 5.41) is -0.348. The maximum atomic E-state index is 12.6. The van der Waals surface area contributed by atoms with Crippen LogP contribution < -0.4 is 0 Å². The van der Waals surface area contributed by atoms with E-state index < -0.39 is 5.91 Å². The molecule has 0 N–H and O–H groups in total.